The smallest absolute Gasteiger partial charge is 0.328 e. The van der Waals surface area contributed by atoms with E-state index in [-0.39, 0.29) is 31.1 Å². The Kier molecular flexibility index (Phi) is 7.92. The predicted molar refractivity (Wildman–Crippen MR) is 116 cm³/mol. The highest BCUT2D eigenvalue weighted by atomic mass is 16.6. The van der Waals surface area contributed by atoms with Crippen LogP contribution in [-0.2, 0) is 30.3 Å². The minimum absolute atomic E-state index is 0.0534. The van der Waals surface area contributed by atoms with Gasteiger partial charge in [-0.2, -0.15) is 0 Å². The standard InChI is InChI=1S/C24H27NO5/c1-5-29-22(27)24(23(28)30-6-2,16-19-10-8-7-9-11-19)17(3)20-12-14-21(15-13-20)25-18(4)26/h7-15H,3,5-6,16H2,1-2,4H3,(H,25,26). The molecule has 0 unspecified atom stereocenters. The second kappa shape index (κ2) is 10.4. The fraction of sp³-hybridized carbons (Fsp3) is 0.292. The molecule has 6 heteroatoms. The molecule has 0 heterocycles. The number of carbonyl (C=O) groups excluding carboxylic acids is 3. The Balaban J connectivity index is 2.56. The number of hydrogen-bond donors (Lipinski definition) is 1. The van der Waals surface area contributed by atoms with Crippen molar-refractivity contribution in [3.05, 3.63) is 72.3 Å². The molecule has 0 aromatic heterocycles. The average molecular weight is 409 g/mol. The van der Waals surface area contributed by atoms with Crippen LogP contribution < -0.4 is 5.32 Å². The lowest BCUT2D eigenvalue weighted by Gasteiger charge is -2.31. The average Bonchev–Trinajstić information content (AvgIpc) is 2.72. The monoisotopic (exact) mass is 409 g/mol. The number of anilines is 1. The van der Waals surface area contributed by atoms with Crippen molar-refractivity contribution in [3.63, 3.8) is 0 Å². The number of esters is 2. The zero-order chi connectivity index (χ0) is 22.1. The maximum absolute atomic E-state index is 13.2. The molecule has 0 aliphatic carbocycles. The lowest BCUT2D eigenvalue weighted by atomic mass is 9.73. The highest BCUT2D eigenvalue weighted by Crippen LogP contribution is 2.40. The minimum Gasteiger partial charge on any atom is -0.465 e. The van der Waals surface area contributed by atoms with E-state index in [0.717, 1.165) is 5.56 Å². The molecule has 0 aliphatic rings. The third-order valence-corrected chi connectivity index (χ3v) is 4.63. The van der Waals surface area contributed by atoms with Gasteiger partial charge in [0, 0.05) is 19.0 Å². The molecule has 0 spiro atoms. The van der Waals surface area contributed by atoms with Crippen molar-refractivity contribution >= 4 is 29.1 Å². The highest BCUT2D eigenvalue weighted by Gasteiger charge is 2.51. The van der Waals surface area contributed by atoms with Gasteiger partial charge in [-0.3, -0.25) is 14.4 Å². The molecule has 0 radical (unpaired) electrons. The summed E-state index contributed by atoms with van der Waals surface area (Å²) in [5.41, 5.74) is 0.483. The third-order valence-electron chi connectivity index (χ3n) is 4.63. The first kappa shape index (κ1) is 22.9. The van der Waals surface area contributed by atoms with Gasteiger partial charge < -0.3 is 14.8 Å². The summed E-state index contributed by atoms with van der Waals surface area (Å²) in [6.07, 6.45) is 0.0534. The molecular weight excluding hydrogens is 382 g/mol. The summed E-state index contributed by atoms with van der Waals surface area (Å²) in [7, 11) is 0. The van der Waals surface area contributed by atoms with E-state index in [1.807, 2.05) is 30.3 Å². The molecule has 2 rings (SSSR count). The molecule has 0 fully saturated rings. The largest absolute Gasteiger partial charge is 0.465 e. The molecule has 2 aromatic rings. The number of carbonyl (C=O) groups is 3. The summed E-state index contributed by atoms with van der Waals surface area (Å²) >= 11 is 0. The fourth-order valence-electron chi connectivity index (χ4n) is 3.20. The molecule has 6 nitrogen and oxygen atoms in total. The Morgan fingerprint density at radius 1 is 0.900 bits per heavy atom. The van der Waals surface area contributed by atoms with Crippen LogP contribution in [-0.4, -0.2) is 31.1 Å². The SMILES string of the molecule is C=C(c1ccc(NC(C)=O)cc1)C(Cc1ccccc1)(C(=O)OCC)C(=O)OCC. The van der Waals surface area contributed by atoms with E-state index in [2.05, 4.69) is 11.9 Å². The second-order valence-corrected chi connectivity index (χ2v) is 6.75. The molecule has 1 amide bonds. The van der Waals surface area contributed by atoms with E-state index in [9.17, 15) is 14.4 Å². The second-order valence-electron chi connectivity index (χ2n) is 6.75. The number of amides is 1. The lowest BCUT2D eigenvalue weighted by molar-refractivity contribution is -0.167. The van der Waals surface area contributed by atoms with Gasteiger partial charge in [0.15, 0.2) is 5.41 Å². The van der Waals surface area contributed by atoms with Crippen LogP contribution in [0.1, 0.15) is 31.9 Å². The topological polar surface area (TPSA) is 81.7 Å². The van der Waals surface area contributed by atoms with Gasteiger partial charge in [0.25, 0.3) is 0 Å². The summed E-state index contributed by atoms with van der Waals surface area (Å²) in [4.78, 5) is 37.6. The molecule has 2 aromatic carbocycles. The van der Waals surface area contributed by atoms with Gasteiger partial charge in [0.2, 0.25) is 5.91 Å². The van der Waals surface area contributed by atoms with Crippen LogP contribution in [0.15, 0.2) is 61.2 Å². The van der Waals surface area contributed by atoms with Crippen molar-refractivity contribution < 1.29 is 23.9 Å². The molecule has 0 atom stereocenters. The highest BCUT2D eigenvalue weighted by molar-refractivity contribution is 6.12. The number of ether oxygens (including phenoxy) is 2. The van der Waals surface area contributed by atoms with Crippen molar-refractivity contribution in [1.82, 2.24) is 0 Å². The normalized spacial score (nSPS) is 10.8. The number of rotatable bonds is 9. The molecule has 0 aliphatic heterocycles. The van der Waals surface area contributed by atoms with Gasteiger partial charge >= 0.3 is 11.9 Å². The Morgan fingerprint density at radius 3 is 1.90 bits per heavy atom. The number of hydrogen-bond acceptors (Lipinski definition) is 5. The van der Waals surface area contributed by atoms with E-state index in [1.165, 1.54) is 6.92 Å². The first-order valence-corrected chi connectivity index (χ1v) is 9.80. The summed E-state index contributed by atoms with van der Waals surface area (Å²) in [5.74, 6) is -1.61. The van der Waals surface area contributed by atoms with Gasteiger partial charge in [-0.05, 0) is 42.7 Å². The summed E-state index contributed by atoms with van der Waals surface area (Å²) in [5, 5.41) is 2.68. The zero-order valence-electron chi connectivity index (χ0n) is 17.6. The molecule has 0 bridgehead atoms. The first-order valence-electron chi connectivity index (χ1n) is 9.80. The molecular formula is C24H27NO5. The molecule has 158 valence electrons. The summed E-state index contributed by atoms with van der Waals surface area (Å²) in [6.45, 7) is 9.11. The van der Waals surface area contributed by atoms with Gasteiger partial charge in [-0.25, -0.2) is 0 Å². The van der Waals surface area contributed by atoms with Gasteiger partial charge in [0.1, 0.15) is 0 Å². The van der Waals surface area contributed by atoms with Crippen LogP contribution in [0.2, 0.25) is 0 Å². The van der Waals surface area contributed by atoms with Crippen LogP contribution in [0.4, 0.5) is 5.69 Å². The molecule has 1 N–H and O–H groups in total. The summed E-state index contributed by atoms with van der Waals surface area (Å²) < 4.78 is 10.6. The van der Waals surface area contributed by atoms with E-state index in [1.54, 1.807) is 38.1 Å². The van der Waals surface area contributed by atoms with Crippen LogP contribution in [0.5, 0.6) is 0 Å². The van der Waals surface area contributed by atoms with Crippen LogP contribution in [0, 0.1) is 5.41 Å². The molecule has 0 saturated carbocycles. The maximum Gasteiger partial charge on any atom is 0.328 e. The van der Waals surface area contributed by atoms with E-state index < -0.39 is 17.4 Å². The predicted octanol–water partition coefficient (Wildman–Crippen LogP) is 4.01. The fourth-order valence-corrected chi connectivity index (χ4v) is 3.20. The van der Waals surface area contributed by atoms with Crippen LogP contribution in [0.25, 0.3) is 5.57 Å². The first-order chi connectivity index (χ1) is 14.3. The molecule has 30 heavy (non-hydrogen) atoms. The van der Waals surface area contributed by atoms with E-state index >= 15 is 0 Å². The van der Waals surface area contributed by atoms with Gasteiger partial charge in [0.05, 0.1) is 13.2 Å². The lowest BCUT2D eigenvalue weighted by Crippen LogP contribution is -2.44. The van der Waals surface area contributed by atoms with Crippen molar-refractivity contribution in [2.75, 3.05) is 18.5 Å². The molecule has 0 saturated heterocycles. The number of benzene rings is 2. The van der Waals surface area contributed by atoms with Crippen LogP contribution in [0.3, 0.4) is 0 Å². The third kappa shape index (κ3) is 5.14. The van der Waals surface area contributed by atoms with Crippen molar-refractivity contribution in [1.29, 1.82) is 0 Å². The Hall–Kier alpha value is -3.41. The Morgan fingerprint density at radius 2 is 1.43 bits per heavy atom. The summed E-state index contributed by atoms with van der Waals surface area (Å²) in [6, 6.07) is 16.0. The quantitative estimate of drug-likeness (QED) is 0.500. The minimum atomic E-state index is -1.73. The van der Waals surface area contributed by atoms with Crippen molar-refractivity contribution in [2.45, 2.75) is 27.2 Å². The zero-order valence-corrected chi connectivity index (χ0v) is 17.6. The van der Waals surface area contributed by atoms with Crippen molar-refractivity contribution in [2.24, 2.45) is 5.41 Å². The van der Waals surface area contributed by atoms with Gasteiger partial charge in [-0.1, -0.05) is 49.0 Å². The van der Waals surface area contributed by atoms with Crippen molar-refractivity contribution in [3.8, 4) is 0 Å². The Labute approximate surface area is 176 Å². The van der Waals surface area contributed by atoms with Crippen LogP contribution >= 0.6 is 0 Å². The van der Waals surface area contributed by atoms with Gasteiger partial charge in [-0.15, -0.1) is 0 Å². The maximum atomic E-state index is 13.2. The Bertz CT molecular complexity index is 885. The van der Waals surface area contributed by atoms with E-state index in [4.69, 9.17) is 9.47 Å². The van der Waals surface area contributed by atoms with E-state index in [0.29, 0.717) is 11.3 Å². The number of nitrogens with one attached hydrogen (secondary N) is 1.